The van der Waals surface area contributed by atoms with Crippen LogP contribution in [0.15, 0.2) is 51.7 Å². The molecule has 0 radical (unpaired) electrons. The number of fused-ring (bicyclic) bond motifs is 1. The lowest BCUT2D eigenvalue weighted by Gasteiger charge is -2.11. The van der Waals surface area contributed by atoms with Gasteiger partial charge >= 0.3 is 5.63 Å². The van der Waals surface area contributed by atoms with E-state index in [1.54, 1.807) is 25.1 Å². The van der Waals surface area contributed by atoms with Gasteiger partial charge in [-0.15, -0.1) is 0 Å². The molecule has 0 spiro atoms. The van der Waals surface area contributed by atoms with Gasteiger partial charge in [-0.05, 0) is 49.0 Å². The van der Waals surface area contributed by atoms with Crippen LogP contribution < -0.4 is 16.3 Å². The number of halogens is 1. The van der Waals surface area contributed by atoms with Crippen molar-refractivity contribution >= 4 is 45.4 Å². The summed E-state index contributed by atoms with van der Waals surface area (Å²) in [5.74, 6) is -0.721. The summed E-state index contributed by atoms with van der Waals surface area (Å²) < 4.78 is 18.3. The van der Waals surface area contributed by atoms with Crippen molar-refractivity contribution < 1.29 is 13.7 Å². The Labute approximate surface area is 151 Å². The van der Waals surface area contributed by atoms with E-state index in [2.05, 4.69) is 10.6 Å². The number of anilines is 2. The van der Waals surface area contributed by atoms with Crippen molar-refractivity contribution in [2.24, 2.45) is 0 Å². The largest absolute Gasteiger partial charge is 0.423 e. The normalized spacial score (nSPS) is 10.5. The minimum atomic E-state index is -0.721. The Morgan fingerprint density at radius 3 is 2.69 bits per heavy atom. The number of aryl methyl sites for hydroxylation is 1. The predicted octanol–water partition coefficient (Wildman–Crippen LogP) is 3.96. The lowest BCUT2D eigenvalue weighted by molar-refractivity contribution is -0.384. The zero-order chi connectivity index (χ0) is 18.8. The number of nitrogens with zero attached hydrogens (tertiary/aromatic N) is 1. The number of nitrogens with one attached hydrogen (secondary N) is 2. The third-order valence-corrected chi connectivity index (χ3v) is 3.82. The van der Waals surface area contributed by atoms with E-state index in [9.17, 15) is 19.3 Å². The van der Waals surface area contributed by atoms with Crippen molar-refractivity contribution in [3.8, 4) is 0 Å². The molecule has 2 N–H and O–H groups in total. The van der Waals surface area contributed by atoms with E-state index in [-0.39, 0.29) is 10.8 Å². The Hall–Kier alpha value is -3.33. The molecule has 1 heterocycles. The van der Waals surface area contributed by atoms with Gasteiger partial charge in [0.05, 0.1) is 11.0 Å². The number of nitro benzene ring substituents is 1. The van der Waals surface area contributed by atoms with Crippen molar-refractivity contribution in [2.75, 3.05) is 10.6 Å². The zero-order valence-electron chi connectivity index (χ0n) is 13.4. The molecule has 0 aliphatic rings. The van der Waals surface area contributed by atoms with E-state index < -0.39 is 22.1 Å². The molecule has 9 heteroatoms. The number of nitro groups is 1. The zero-order valence-corrected chi connectivity index (χ0v) is 14.2. The summed E-state index contributed by atoms with van der Waals surface area (Å²) >= 11 is 5.14. The van der Waals surface area contributed by atoms with Crippen LogP contribution in [0.3, 0.4) is 0 Å². The molecule has 0 unspecified atom stereocenters. The Morgan fingerprint density at radius 1 is 1.19 bits per heavy atom. The van der Waals surface area contributed by atoms with Gasteiger partial charge in [0.25, 0.3) is 5.69 Å². The van der Waals surface area contributed by atoms with Gasteiger partial charge < -0.3 is 15.1 Å². The first-order valence-electron chi connectivity index (χ1n) is 7.40. The van der Waals surface area contributed by atoms with Gasteiger partial charge in [-0.2, -0.15) is 0 Å². The molecule has 2 aromatic carbocycles. The summed E-state index contributed by atoms with van der Waals surface area (Å²) in [5, 5.41) is 17.4. The number of hydrogen-bond acceptors (Lipinski definition) is 5. The number of hydrogen-bond donors (Lipinski definition) is 2. The predicted molar refractivity (Wildman–Crippen MR) is 100 cm³/mol. The second-order valence-corrected chi connectivity index (χ2v) is 5.87. The molecule has 0 saturated carbocycles. The Bertz CT molecular complexity index is 1100. The minimum Gasteiger partial charge on any atom is -0.423 e. The van der Waals surface area contributed by atoms with Crippen LogP contribution in [0.1, 0.15) is 5.56 Å². The van der Waals surface area contributed by atoms with E-state index in [0.29, 0.717) is 11.3 Å². The van der Waals surface area contributed by atoms with Crippen molar-refractivity contribution in [2.45, 2.75) is 6.92 Å². The van der Waals surface area contributed by atoms with Crippen LogP contribution in [0.4, 0.5) is 21.5 Å². The lowest BCUT2D eigenvalue weighted by atomic mass is 10.1. The SMILES string of the molecule is Cc1cc(=O)oc2cc(NC(=S)Nc3ccc(F)cc3[N+](=O)[O-])ccc12. The molecule has 0 aliphatic heterocycles. The van der Waals surface area contributed by atoms with Gasteiger partial charge in [-0.1, -0.05) is 0 Å². The first kappa shape index (κ1) is 17.5. The van der Waals surface area contributed by atoms with Gasteiger partial charge in [0.15, 0.2) is 5.11 Å². The molecule has 0 fully saturated rings. The maximum absolute atomic E-state index is 13.2. The summed E-state index contributed by atoms with van der Waals surface area (Å²) in [5.41, 5.74) is 0.843. The van der Waals surface area contributed by atoms with Gasteiger partial charge in [-0.3, -0.25) is 10.1 Å². The summed E-state index contributed by atoms with van der Waals surface area (Å²) in [4.78, 5) is 21.8. The topological polar surface area (TPSA) is 97.4 Å². The highest BCUT2D eigenvalue weighted by atomic mass is 32.1. The van der Waals surface area contributed by atoms with Crippen LogP contribution in [-0.2, 0) is 0 Å². The molecule has 0 bridgehead atoms. The smallest absolute Gasteiger partial charge is 0.336 e. The number of rotatable bonds is 3. The third kappa shape index (κ3) is 3.67. The second-order valence-electron chi connectivity index (χ2n) is 5.46. The molecule has 3 rings (SSSR count). The highest BCUT2D eigenvalue weighted by molar-refractivity contribution is 7.80. The molecule has 132 valence electrons. The minimum absolute atomic E-state index is 0.0528. The van der Waals surface area contributed by atoms with Crippen LogP contribution in [0.5, 0.6) is 0 Å². The van der Waals surface area contributed by atoms with Crippen LogP contribution in [0.25, 0.3) is 11.0 Å². The average molecular weight is 373 g/mol. The standard InChI is InChI=1S/C17H12FN3O4S/c1-9-6-16(22)25-15-8-11(3-4-12(9)15)19-17(26)20-13-5-2-10(18)7-14(13)21(23)24/h2-8H,1H3,(H2,19,20,26). The van der Waals surface area contributed by atoms with Crippen LogP contribution in [0, 0.1) is 22.9 Å². The number of benzene rings is 2. The van der Waals surface area contributed by atoms with Gasteiger partial charge in [0.1, 0.15) is 17.1 Å². The summed E-state index contributed by atoms with van der Waals surface area (Å²) in [6, 6.07) is 9.60. The lowest BCUT2D eigenvalue weighted by Crippen LogP contribution is -2.19. The van der Waals surface area contributed by atoms with E-state index in [0.717, 1.165) is 23.1 Å². The Morgan fingerprint density at radius 2 is 1.96 bits per heavy atom. The molecule has 26 heavy (non-hydrogen) atoms. The average Bonchev–Trinajstić information content (AvgIpc) is 2.55. The molecular formula is C17H12FN3O4S. The highest BCUT2D eigenvalue weighted by Crippen LogP contribution is 2.26. The monoisotopic (exact) mass is 373 g/mol. The number of thiocarbonyl (C=S) groups is 1. The molecule has 0 atom stereocenters. The summed E-state index contributed by atoms with van der Waals surface area (Å²) in [7, 11) is 0. The second kappa shape index (κ2) is 6.89. The fraction of sp³-hybridized carbons (Fsp3) is 0.0588. The first-order chi connectivity index (χ1) is 12.3. The molecular weight excluding hydrogens is 361 g/mol. The molecule has 0 amide bonds. The summed E-state index contributed by atoms with van der Waals surface area (Å²) in [6.07, 6.45) is 0. The van der Waals surface area contributed by atoms with Crippen LogP contribution in [0.2, 0.25) is 0 Å². The van der Waals surface area contributed by atoms with Gasteiger partial charge in [0, 0.05) is 23.2 Å². The molecule has 3 aromatic rings. The van der Waals surface area contributed by atoms with Crippen molar-refractivity contribution in [1.29, 1.82) is 0 Å². The Balaban J connectivity index is 1.84. The third-order valence-electron chi connectivity index (χ3n) is 3.61. The highest BCUT2D eigenvalue weighted by Gasteiger charge is 2.16. The molecule has 1 aromatic heterocycles. The van der Waals surface area contributed by atoms with E-state index >= 15 is 0 Å². The van der Waals surface area contributed by atoms with Gasteiger partial charge in [-0.25, -0.2) is 9.18 Å². The van der Waals surface area contributed by atoms with Crippen molar-refractivity contribution in [3.05, 3.63) is 74.4 Å². The molecule has 0 aliphatic carbocycles. The van der Waals surface area contributed by atoms with E-state index in [4.69, 9.17) is 16.6 Å². The first-order valence-corrected chi connectivity index (χ1v) is 7.81. The van der Waals surface area contributed by atoms with E-state index in [1.807, 2.05) is 0 Å². The fourth-order valence-corrected chi connectivity index (χ4v) is 2.68. The molecule has 0 saturated heterocycles. The Kier molecular flexibility index (Phi) is 4.63. The van der Waals surface area contributed by atoms with Crippen LogP contribution >= 0.6 is 12.2 Å². The fourth-order valence-electron chi connectivity index (χ4n) is 2.45. The summed E-state index contributed by atoms with van der Waals surface area (Å²) in [6.45, 7) is 1.80. The molecule has 7 nitrogen and oxygen atoms in total. The van der Waals surface area contributed by atoms with E-state index in [1.165, 1.54) is 12.1 Å². The quantitative estimate of drug-likeness (QED) is 0.310. The maximum Gasteiger partial charge on any atom is 0.336 e. The van der Waals surface area contributed by atoms with Gasteiger partial charge in [0.2, 0.25) is 0 Å². The van der Waals surface area contributed by atoms with Crippen molar-refractivity contribution in [3.63, 3.8) is 0 Å². The van der Waals surface area contributed by atoms with Crippen molar-refractivity contribution in [1.82, 2.24) is 0 Å². The maximum atomic E-state index is 13.2. The van der Waals surface area contributed by atoms with Crippen LogP contribution in [-0.4, -0.2) is 10.0 Å².